The summed E-state index contributed by atoms with van der Waals surface area (Å²) >= 11 is 0. The number of aryl methyl sites for hydroxylation is 1. The van der Waals surface area contributed by atoms with Gasteiger partial charge in [-0.15, -0.1) is 0 Å². The third kappa shape index (κ3) is 4.19. The maximum absolute atomic E-state index is 13.5. The molecule has 5 heteroatoms. The van der Waals surface area contributed by atoms with Crippen LogP contribution in [0.15, 0.2) is 78.9 Å². The van der Waals surface area contributed by atoms with Crippen LogP contribution in [0.5, 0.6) is 0 Å². The largest absolute Gasteiger partial charge is 0.303 e. The molecule has 4 rings (SSSR count). The fourth-order valence-electron chi connectivity index (χ4n) is 5.09. The molecule has 0 bridgehead atoms. The highest BCUT2D eigenvalue weighted by atomic mass is 16.6. The average molecular weight is 441 g/mol. The van der Waals surface area contributed by atoms with Crippen molar-refractivity contribution in [2.24, 2.45) is 0 Å². The van der Waals surface area contributed by atoms with Crippen molar-refractivity contribution in [2.45, 2.75) is 45.1 Å². The highest BCUT2D eigenvalue weighted by molar-refractivity contribution is 6.06. The van der Waals surface area contributed by atoms with Gasteiger partial charge in [-0.05, 0) is 73.7 Å². The molecule has 1 atom stereocenters. The van der Waals surface area contributed by atoms with Gasteiger partial charge in [0, 0.05) is 34.9 Å². The maximum atomic E-state index is 13.5. The van der Waals surface area contributed by atoms with Gasteiger partial charge in [-0.25, -0.2) is 0 Å². The molecule has 0 aromatic heterocycles. The van der Waals surface area contributed by atoms with E-state index < -0.39 is 10.5 Å². The van der Waals surface area contributed by atoms with Gasteiger partial charge in [-0.2, -0.15) is 0 Å². The monoisotopic (exact) mass is 440 g/mol. The summed E-state index contributed by atoms with van der Waals surface area (Å²) < 4.78 is 0. The van der Waals surface area contributed by atoms with Crippen LogP contribution in [0, 0.1) is 17.0 Å². The molecule has 1 aliphatic rings. The molecule has 0 saturated carbocycles. The van der Waals surface area contributed by atoms with Crippen molar-refractivity contribution in [2.75, 3.05) is 4.90 Å². The first-order chi connectivity index (χ1) is 15.6. The normalized spacial score (nSPS) is 19.3. The van der Waals surface area contributed by atoms with Gasteiger partial charge in [-0.1, -0.05) is 49.4 Å². The molecule has 3 aromatic rings. The van der Waals surface area contributed by atoms with Crippen molar-refractivity contribution in [3.05, 3.63) is 111 Å². The molecule has 1 unspecified atom stereocenters. The lowest BCUT2D eigenvalue weighted by Crippen LogP contribution is -2.55. The molecule has 0 N–H and O–H groups in total. The zero-order valence-electron chi connectivity index (χ0n) is 19.4. The molecule has 1 aliphatic heterocycles. The number of hydrogen-bond donors (Lipinski definition) is 0. The van der Waals surface area contributed by atoms with E-state index in [4.69, 9.17) is 0 Å². The first-order valence-corrected chi connectivity index (χ1v) is 11.1. The van der Waals surface area contributed by atoms with Gasteiger partial charge >= 0.3 is 0 Å². The van der Waals surface area contributed by atoms with E-state index in [0.29, 0.717) is 0 Å². The molecule has 0 fully saturated rings. The van der Waals surface area contributed by atoms with Crippen LogP contribution in [0.1, 0.15) is 49.4 Å². The van der Waals surface area contributed by atoms with Crippen molar-refractivity contribution in [3.8, 4) is 0 Å². The number of rotatable bonds is 4. The Hall–Kier alpha value is -3.73. The Morgan fingerprint density at radius 2 is 1.67 bits per heavy atom. The van der Waals surface area contributed by atoms with E-state index in [1.165, 1.54) is 17.7 Å². The summed E-state index contributed by atoms with van der Waals surface area (Å²) in [5.41, 5.74) is 4.50. The van der Waals surface area contributed by atoms with E-state index in [1.54, 1.807) is 24.3 Å². The van der Waals surface area contributed by atoms with Gasteiger partial charge in [0.15, 0.2) is 0 Å². The number of carbonyl (C=O) groups is 1. The van der Waals surface area contributed by atoms with Crippen LogP contribution < -0.4 is 4.90 Å². The summed E-state index contributed by atoms with van der Waals surface area (Å²) in [5.74, 6) is -0.111. The van der Waals surface area contributed by atoms with Gasteiger partial charge in [0.2, 0.25) is 0 Å². The second-order valence-corrected chi connectivity index (χ2v) is 9.56. The Labute approximate surface area is 194 Å². The van der Waals surface area contributed by atoms with Gasteiger partial charge in [-0.3, -0.25) is 14.9 Å². The van der Waals surface area contributed by atoms with Crippen LogP contribution in [-0.2, 0) is 10.2 Å². The molecule has 3 aromatic carbocycles. The SMILES string of the molecule is Cc1ccc2c(c1)N(C(=O)C=Cc1ccc([N+](=O)[O-])cc1)C(C)(C)CC2(C)c1ccccc1. The molecular weight excluding hydrogens is 412 g/mol. The lowest BCUT2D eigenvalue weighted by atomic mass is 9.65. The minimum Gasteiger partial charge on any atom is -0.303 e. The molecule has 0 spiro atoms. The first kappa shape index (κ1) is 22.5. The van der Waals surface area contributed by atoms with Crippen molar-refractivity contribution < 1.29 is 9.72 Å². The number of non-ortho nitro benzene ring substituents is 1. The number of nitro benzene ring substituents is 1. The van der Waals surface area contributed by atoms with Crippen molar-refractivity contribution >= 4 is 23.4 Å². The lowest BCUT2D eigenvalue weighted by molar-refractivity contribution is -0.384. The number of benzene rings is 3. The maximum Gasteiger partial charge on any atom is 0.269 e. The third-order valence-electron chi connectivity index (χ3n) is 6.53. The van der Waals surface area contributed by atoms with Crippen molar-refractivity contribution in [3.63, 3.8) is 0 Å². The second kappa shape index (κ2) is 8.32. The summed E-state index contributed by atoms with van der Waals surface area (Å²) in [6.07, 6.45) is 4.04. The van der Waals surface area contributed by atoms with Gasteiger partial charge in [0.25, 0.3) is 11.6 Å². The number of amides is 1. The smallest absolute Gasteiger partial charge is 0.269 e. The van der Waals surface area contributed by atoms with E-state index >= 15 is 0 Å². The number of hydrogen-bond acceptors (Lipinski definition) is 3. The Morgan fingerprint density at radius 1 is 1.00 bits per heavy atom. The summed E-state index contributed by atoms with van der Waals surface area (Å²) in [5, 5.41) is 10.9. The molecule has 168 valence electrons. The lowest BCUT2D eigenvalue weighted by Gasteiger charge is -2.51. The van der Waals surface area contributed by atoms with Gasteiger partial charge in [0.1, 0.15) is 0 Å². The fraction of sp³-hybridized carbons (Fsp3) is 0.250. The van der Waals surface area contributed by atoms with Gasteiger partial charge < -0.3 is 4.90 Å². The highest BCUT2D eigenvalue weighted by Gasteiger charge is 2.47. The molecule has 0 saturated heterocycles. The fourth-order valence-corrected chi connectivity index (χ4v) is 5.09. The predicted octanol–water partition coefficient (Wildman–Crippen LogP) is 6.44. The summed E-state index contributed by atoms with van der Waals surface area (Å²) in [7, 11) is 0. The molecule has 1 heterocycles. The molecule has 33 heavy (non-hydrogen) atoms. The molecule has 1 amide bonds. The number of nitrogens with zero attached hydrogens (tertiary/aromatic N) is 2. The third-order valence-corrected chi connectivity index (χ3v) is 6.53. The van der Waals surface area contributed by atoms with Crippen molar-refractivity contribution in [1.29, 1.82) is 0 Å². The summed E-state index contributed by atoms with van der Waals surface area (Å²) in [6, 6.07) is 23.0. The first-order valence-electron chi connectivity index (χ1n) is 11.1. The Bertz CT molecular complexity index is 1230. The van der Waals surface area contributed by atoms with E-state index in [-0.39, 0.29) is 17.0 Å². The summed E-state index contributed by atoms with van der Waals surface area (Å²) in [4.78, 5) is 25.9. The predicted molar refractivity (Wildman–Crippen MR) is 132 cm³/mol. The van der Waals surface area contributed by atoms with Gasteiger partial charge in [0.05, 0.1) is 4.92 Å². The number of fused-ring (bicyclic) bond motifs is 1. The number of nitro groups is 1. The molecular formula is C28H28N2O3. The zero-order chi connectivity index (χ0) is 23.8. The number of anilines is 1. The summed E-state index contributed by atoms with van der Waals surface area (Å²) in [6.45, 7) is 8.51. The van der Waals surface area contributed by atoms with E-state index in [1.807, 2.05) is 17.9 Å². The van der Waals surface area contributed by atoms with Crippen LogP contribution in [-0.4, -0.2) is 16.4 Å². The second-order valence-electron chi connectivity index (χ2n) is 9.56. The van der Waals surface area contributed by atoms with E-state index in [0.717, 1.165) is 28.8 Å². The molecule has 5 nitrogen and oxygen atoms in total. The molecule has 0 radical (unpaired) electrons. The van der Waals surface area contributed by atoms with Crippen LogP contribution in [0.4, 0.5) is 11.4 Å². The van der Waals surface area contributed by atoms with E-state index in [2.05, 4.69) is 63.2 Å². The Morgan fingerprint density at radius 3 is 2.30 bits per heavy atom. The van der Waals surface area contributed by atoms with Crippen LogP contribution in [0.2, 0.25) is 0 Å². The van der Waals surface area contributed by atoms with Crippen molar-refractivity contribution in [1.82, 2.24) is 0 Å². The molecule has 0 aliphatic carbocycles. The van der Waals surface area contributed by atoms with Crippen LogP contribution in [0.25, 0.3) is 6.08 Å². The quantitative estimate of drug-likeness (QED) is 0.266. The number of carbonyl (C=O) groups excluding carboxylic acids is 1. The standard InChI is InChI=1S/C28H28N2O3/c1-20-10-16-24-25(18-20)29(26(31)17-13-21-11-14-23(15-12-21)30(32)33)27(2,3)19-28(24,4)22-8-6-5-7-9-22/h5-18H,19H2,1-4H3. The highest BCUT2D eigenvalue weighted by Crippen LogP contribution is 2.50. The Kier molecular flexibility index (Phi) is 5.66. The minimum absolute atomic E-state index is 0.0280. The topological polar surface area (TPSA) is 63.5 Å². The average Bonchev–Trinajstić information content (AvgIpc) is 2.77. The van der Waals surface area contributed by atoms with E-state index in [9.17, 15) is 14.9 Å². The Balaban J connectivity index is 1.74. The van der Waals surface area contributed by atoms with Crippen LogP contribution >= 0.6 is 0 Å². The minimum atomic E-state index is -0.433. The van der Waals surface area contributed by atoms with Crippen LogP contribution in [0.3, 0.4) is 0 Å². The zero-order valence-corrected chi connectivity index (χ0v) is 19.4.